The maximum absolute atomic E-state index is 12.9. The zero-order chi connectivity index (χ0) is 12.1. The summed E-state index contributed by atoms with van der Waals surface area (Å²) in [4.78, 5) is 1.05. The highest BCUT2D eigenvalue weighted by atomic mass is 32.1. The molecule has 17 heavy (non-hydrogen) atoms. The first kappa shape index (κ1) is 12.1. The van der Waals surface area contributed by atoms with Crippen molar-refractivity contribution in [3.63, 3.8) is 0 Å². The molecule has 0 saturated heterocycles. The first-order valence-electron chi connectivity index (χ1n) is 5.57. The smallest absolute Gasteiger partial charge is 0.123 e. The van der Waals surface area contributed by atoms with Crippen molar-refractivity contribution >= 4 is 11.5 Å². The van der Waals surface area contributed by atoms with E-state index in [2.05, 4.69) is 21.8 Å². The number of nitrogens with zero attached hydrogens (tertiary/aromatic N) is 2. The standard InChI is InChI=1S/C12H14FN3S/c1-2-7-14-12(11-8-15-16-17-11)9-3-5-10(13)6-4-9/h3-6,8,12,14H,2,7H2,1H3. The van der Waals surface area contributed by atoms with Gasteiger partial charge in [0, 0.05) is 0 Å². The highest BCUT2D eigenvalue weighted by Gasteiger charge is 2.15. The topological polar surface area (TPSA) is 37.8 Å². The maximum Gasteiger partial charge on any atom is 0.123 e. The molecule has 0 amide bonds. The second kappa shape index (κ2) is 5.84. The second-order valence-corrected chi connectivity index (χ2v) is 4.58. The van der Waals surface area contributed by atoms with Crippen LogP contribution in [0.15, 0.2) is 30.5 Å². The fraction of sp³-hybridized carbons (Fsp3) is 0.333. The number of aromatic nitrogens is 2. The third-order valence-corrected chi connectivity index (χ3v) is 3.19. The van der Waals surface area contributed by atoms with Crippen LogP contribution in [0.4, 0.5) is 4.39 Å². The van der Waals surface area contributed by atoms with Crippen molar-refractivity contribution in [2.45, 2.75) is 19.4 Å². The third kappa shape index (κ3) is 3.08. The van der Waals surface area contributed by atoms with Crippen molar-refractivity contribution in [1.29, 1.82) is 0 Å². The van der Waals surface area contributed by atoms with Gasteiger partial charge in [0.15, 0.2) is 0 Å². The lowest BCUT2D eigenvalue weighted by molar-refractivity contribution is 0.598. The fourth-order valence-electron chi connectivity index (χ4n) is 1.63. The van der Waals surface area contributed by atoms with E-state index >= 15 is 0 Å². The average molecular weight is 251 g/mol. The van der Waals surface area contributed by atoms with Crippen LogP contribution in [0.25, 0.3) is 0 Å². The van der Waals surface area contributed by atoms with Gasteiger partial charge in [0.2, 0.25) is 0 Å². The first-order chi connectivity index (χ1) is 8.31. The van der Waals surface area contributed by atoms with Gasteiger partial charge in [-0.15, -0.1) is 5.10 Å². The average Bonchev–Trinajstić information content (AvgIpc) is 2.85. The minimum absolute atomic E-state index is 0.0514. The van der Waals surface area contributed by atoms with Crippen LogP contribution in [0, 0.1) is 5.82 Å². The maximum atomic E-state index is 12.9. The van der Waals surface area contributed by atoms with Crippen LogP contribution in [0.5, 0.6) is 0 Å². The fourth-order valence-corrected chi connectivity index (χ4v) is 2.24. The Hall–Kier alpha value is -1.33. The summed E-state index contributed by atoms with van der Waals surface area (Å²) in [6.07, 6.45) is 2.80. The predicted octanol–water partition coefficient (Wildman–Crippen LogP) is 2.77. The lowest BCUT2D eigenvalue weighted by Gasteiger charge is -2.16. The Labute approximate surface area is 104 Å². The van der Waals surface area contributed by atoms with Gasteiger partial charge in [0.05, 0.1) is 17.1 Å². The minimum atomic E-state index is -0.217. The first-order valence-corrected chi connectivity index (χ1v) is 6.34. The molecule has 1 heterocycles. The monoisotopic (exact) mass is 251 g/mol. The van der Waals surface area contributed by atoms with Crippen molar-refractivity contribution < 1.29 is 4.39 Å². The molecule has 0 radical (unpaired) electrons. The van der Waals surface area contributed by atoms with Gasteiger partial charge in [0.1, 0.15) is 5.82 Å². The van der Waals surface area contributed by atoms with Gasteiger partial charge in [-0.3, -0.25) is 0 Å². The summed E-state index contributed by atoms with van der Waals surface area (Å²) >= 11 is 1.36. The van der Waals surface area contributed by atoms with Gasteiger partial charge in [-0.2, -0.15) is 0 Å². The van der Waals surface area contributed by atoms with E-state index in [1.165, 1.54) is 23.7 Å². The molecule has 1 N–H and O–H groups in total. The molecule has 0 aliphatic heterocycles. The molecule has 3 nitrogen and oxygen atoms in total. The van der Waals surface area contributed by atoms with Crippen LogP contribution in [0.1, 0.15) is 29.8 Å². The van der Waals surface area contributed by atoms with Crippen LogP contribution >= 0.6 is 11.5 Å². The van der Waals surface area contributed by atoms with E-state index in [0.717, 1.165) is 23.4 Å². The van der Waals surface area contributed by atoms with Crippen molar-refractivity contribution in [2.75, 3.05) is 6.54 Å². The van der Waals surface area contributed by atoms with E-state index in [-0.39, 0.29) is 11.9 Å². The molecule has 1 unspecified atom stereocenters. The van der Waals surface area contributed by atoms with E-state index < -0.39 is 0 Å². The lowest BCUT2D eigenvalue weighted by Crippen LogP contribution is -2.22. The summed E-state index contributed by atoms with van der Waals surface area (Å²) in [7, 11) is 0. The molecule has 5 heteroatoms. The summed E-state index contributed by atoms with van der Waals surface area (Å²) in [5, 5.41) is 7.26. The van der Waals surface area contributed by atoms with Gasteiger partial charge in [-0.05, 0) is 42.2 Å². The summed E-state index contributed by atoms with van der Waals surface area (Å²) in [6.45, 7) is 3.01. The quantitative estimate of drug-likeness (QED) is 0.888. The second-order valence-electron chi connectivity index (χ2n) is 3.76. The van der Waals surface area contributed by atoms with Crippen LogP contribution in [-0.4, -0.2) is 16.1 Å². The third-order valence-electron chi connectivity index (χ3n) is 2.46. The molecule has 2 rings (SSSR count). The van der Waals surface area contributed by atoms with Gasteiger partial charge in [-0.1, -0.05) is 23.5 Å². The number of benzene rings is 1. The highest BCUT2D eigenvalue weighted by Crippen LogP contribution is 2.23. The Morgan fingerprint density at radius 3 is 2.71 bits per heavy atom. The Balaban J connectivity index is 2.23. The molecule has 1 aromatic carbocycles. The van der Waals surface area contributed by atoms with E-state index in [1.807, 2.05) is 0 Å². The zero-order valence-corrected chi connectivity index (χ0v) is 10.4. The van der Waals surface area contributed by atoms with E-state index in [9.17, 15) is 4.39 Å². The summed E-state index contributed by atoms with van der Waals surface area (Å²) in [5.74, 6) is -0.217. The minimum Gasteiger partial charge on any atom is -0.305 e. The summed E-state index contributed by atoms with van der Waals surface area (Å²) in [5.41, 5.74) is 1.03. The molecular formula is C12H14FN3S. The summed E-state index contributed by atoms with van der Waals surface area (Å²) in [6, 6.07) is 6.59. The van der Waals surface area contributed by atoms with Gasteiger partial charge in [-0.25, -0.2) is 4.39 Å². The Kier molecular flexibility index (Phi) is 4.17. The largest absolute Gasteiger partial charge is 0.305 e. The number of nitrogens with one attached hydrogen (secondary N) is 1. The molecule has 0 aliphatic rings. The molecule has 0 spiro atoms. The zero-order valence-electron chi connectivity index (χ0n) is 9.56. The number of rotatable bonds is 5. The van der Waals surface area contributed by atoms with Gasteiger partial charge in [0.25, 0.3) is 0 Å². The SMILES string of the molecule is CCCNC(c1ccc(F)cc1)c1cnns1. The predicted molar refractivity (Wildman–Crippen MR) is 66.4 cm³/mol. The Bertz CT molecular complexity index is 441. The lowest BCUT2D eigenvalue weighted by atomic mass is 10.1. The van der Waals surface area contributed by atoms with Crippen molar-refractivity contribution in [1.82, 2.24) is 14.9 Å². The molecule has 1 atom stereocenters. The van der Waals surface area contributed by atoms with Crippen molar-refractivity contribution in [3.05, 3.63) is 46.7 Å². The van der Waals surface area contributed by atoms with Crippen LogP contribution in [-0.2, 0) is 0 Å². The molecule has 0 saturated carbocycles. The number of halogens is 1. The van der Waals surface area contributed by atoms with Crippen LogP contribution < -0.4 is 5.32 Å². The number of hydrogen-bond donors (Lipinski definition) is 1. The molecule has 90 valence electrons. The highest BCUT2D eigenvalue weighted by molar-refractivity contribution is 7.05. The van der Waals surface area contributed by atoms with E-state index in [1.54, 1.807) is 18.3 Å². The molecule has 2 aromatic rings. The van der Waals surface area contributed by atoms with E-state index in [4.69, 9.17) is 0 Å². The summed E-state index contributed by atoms with van der Waals surface area (Å²) < 4.78 is 16.8. The van der Waals surface area contributed by atoms with Crippen molar-refractivity contribution in [3.8, 4) is 0 Å². The molecule has 1 aromatic heterocycles. The molecule has 0 aliphatic carbocycles. The van der Waals surface area contributed by atoms with Crippen LogP contribution in [0.3, 0.4) is 0 Å². The van der Waals surface area contributed by atoms with Gasteiger partial charge < -0.3 is 5.32 Å². The van der Waals surface area contributed by atoms with E-state index in [0.29, 0.717) is 0 Å². The molecular weight excluding hydrogens is 237 g/mol. The molecule has 0 fully saturated rings. The van der Waals surface area contributed by atoms with Gasteiger partial charge >= 0.3 is 0 Å². The Morgan fingerprint density at radius 2 is 2.12 bits per heavy atom. The number of hydrogen-bond acceptors (Lipinski definition) is 4. The van der Waals surface area contributed by atoms with Crippen molar-refractivity contribution in [2.24, 2.45) is 0 Å². The van der Waals surface area contributed by atoms with Crippen LogP contribution in [0.2, 0.25) is 0 Å². The normalized spacial score (nSPS) is 12.6. The Morgan fingerprint density at radius 1 is 1.35 bits per heavy atom. The molecule has 0 bridgehead atoms.